The molecular formula is C34H45P. The van der Waals surface area contributed by atoms with E-state index in [4.69, 9.17) is 0 Å². The average Bonchev–Trinajstić information content (AvgIpc) is 2.94. The second-order valence-corrected chi connectivity index (χ2v) is 15.5. The van der Waals surface area contributed by atoms with Crippen LogP contribution in [0.3, 0.4) is 0 Å². The zero-order valence-corrected chi connectivity index (χ0v) is 22.7. The molecule has 2 aliphatic rings. The first-order chi connectivity index (χ1) is 17.3. The molecule has 3 aromatic carbocycles. The maximum atomic E-state index is 2.42. The van der Waals surface area contributed by atoms with E-state index in [1.807, 2.05) is 0 Å². The van der Waals surface area contributed by atoms with Crippen molar-refractivity contribution >= 4 is 23.2 Å². The van der Waals surface area contributed by atoms with Gasteiger partial charge in [0.05, 0.1) is 0 Å². The van der Waals surface area contributed by atoms with Gasteiger partial charge in [-0.25, -0.2) is 0 Å². The number of hydrogen-bond donors (Lipinski definition) is 0. The number of benzene rings is 3. The molecule has 0 N–H and O–H groups in total. The topological polar surface area (TPSA) is 0 Å². The minimum atomic E-state index is -2.09. The van der Waals surface area contributed by atoms with Crippen LogP contribution < -0.4 is 15.9 Å². The van der Waals surface area contributed by atoms with Gasteiger partial charge in [-0.15, -0.1) is 0 Å². The standard InChI is InChI=1S/C34H45P/c1-2-12-28-19-23-30(24-20-28)31-25-21-29(22-26-31)27-35(32-13-6-3-7-14-32,33-15-8-4-9-16-33)34-17-10-5-11-18-34/h3-11,13-18,28-31,35H,2,12,19-27H2,1H3/t28-,29-,30-,31-. The van der Waals surface area contributed by atoms with E-state index >= 15 is 0 Å². The average molecular weight is 485 g/mol. The van der Waals surface area contributed by atoms with E-state index in [9.17, 15) is 0 Å². The van der Waals surface area contributed by atoms with Gasteiger partial charge in [-0.2, -0.15) is 0 Å². The van der Waals surface area contributed by atoms with E-state index < -0.39 is 7.26 Å². The molecule has 0 aromatic heterocycles. The van der Waals surface area contributed by atoms with Gasteiger partial charge in [0.15, 0.2) is 0 Å². The summed E-state index contributed by atoms with van der Waals surface area (Å²) in [5, 5.41) is 4.73. The summed E-state index contributed by atoms with van der Waals surface area (Å²) in [5.41, 5.74) is 0. The van der Waals surface area contributed by atoms with Gasteiger partial charge in [0.2, 0.25) is 0 Å². The Morgan fingerprint density at radius 1 is 0.514 bits per heavy atom. The Kier molecular flexibility index (Phi) is 8.41. The Morgan fingerprint density at radius 3 is 1.26 bits per heavy atom. The summed E-state index contributed by atoms with van der Waals surface area (Å²) >= 11 is 0. The van der Waals surface area contributed by atoms with Gasteiger partial charge in [0.25, 0.3) is 0 Å². The molecule has 2 saturated carbocycles. The summed E-state index contributed by atoms with van der Waals surface area (Å²) < 4.78 is 0. The second kappa shape index (κ2) is 11.9. The summed E-state index contributed by atoms with van der Waals surface area (Å²) in [6, 6.07) is 34.6. The van der Waals surface area contributed by atoms with Crippen LogP contribution in [0.25, 0.3) is 0 Å². The van der Waals surface area contributed by atoms with Crippen LogP contribution in [0.5, 0.6) is 0 Å². The molecule has 0 spiro atoms. The molecule has 0 amide bonds. The summed E-state index contributed by atoms with van der Waals surface area (Å²) in [4.78, 5) is 0. The Labute approximate surface area is 214 Å². The van der Waals surface area contributed by atoms with E-state index in [-0.39, 0.29) is 0 Å². The summed E-state index contributed by atoms with van der Waals surface area (Å²) in [6.07, 6.45) is 16.0. The third kappa shape index (κ3) is 5.59. The van der Waals surface area contributed by atoms with Crippen molar-refractivity contribution in [3.63, 3.8) is 0 Å². The number of rotatable bonds is 8. The third-order valence-electron chi connectivity index (χ3n) is 9.54. The van der Waals surface area contributed by atoms with Crippen LogP contribution in [0.4, 0.5) is 0 Å². The fourth-order valence-corrected chi connectivity index (χ4v) is 12.9. The molecule has 0 unspecified atom stereocenters. The van der Waals surface area contributed by atoms with E-state index in [1.165, 1.54) is 70.4 Å². The Balaban J connectivity index is 1.37. The van der Waals surface area contributed by atoms with Crippen LogP contribution in [0.1, 0.15) is 71.1 Å². The van der Waals surface area contributed by atoms with Crippen LogP contribution >= 0.6 is 7.26 Å². The van der Waals surface area contributed by atoms with Crippen molar-refractivity contribution < 1.29 is 0 Å². The van der Waals surface area contributed by atoms with Gasteiger partial charge in [0, 0.05) is 0 Å². The molecule has 0 saturated heterocycles. The molecule has 0 heterocycles. The minimum absolute atomic E-state index is 0.843. The van der Waals surface area contributed by atoms with Gasteiger partial charge in [-0.1, -0.05) is 0 Å². The maximum absolute atomic E-state index is 2.42. The quantitative estimate of drug-likeness (QED) is 0.283. The first-order valence-corrected chi connectivity index (χ1v) is 16.7. The van der Waals surface area contributed by atoms with Crippen molar-refractivity contribution in [2.45, 2.75) is 71.1 Å². The molecule has 0 aliphatic heterocycles. The van der Waals surface area contributed by atoms with Crippen molar-refractivity contribution in [3.05, 3.63) is 91.0 Å². The van der Waals surface area contributed by atoms with Crippen molar-refractivity contribution in [2.75, 3.05) is 6.16 Å². The monoisotopic (exact) mass is 484 g/mol. The van der Waals surface area contributed by atoms with Crippen molar-refractivity contribution in [1.82, 2.24) is 0 Å². The molecular weight excluding hydrogens is 439 g/mol. The first-order valence-electron chi connectivity index (χ1n) is 14.5. The first kappa shape index (κ1) is 24.8. The molecule has 2 aliphatic carbocycles. The molecule has 35 heavy (non-hydrogen) atoms. The fourth-order valence-electron chi connectivity index (χ4n) is 7.67. The molecule has 5 rings (SSSR count). The van der Waals surface area contributed by atoms with Crippen LogP contribution in [0, 0.1) is 23.7 Å². The predicted molar refractivity (Wildman–Crippen MR) is 157 cm³/mol. The zero-order valence-electron chi connectivity index (χ0n) is 21.7. The molecule has 0 atom stereocenters. The van der Waals surface area contributed by atoms with Gasteiger partial charge in [-0.05, 0) is 0 Å². The molecule has 1 heteroatoms. The normalized spacial score (nSPS) is 25.7. The predicted octanol–water partition coefficient (Wildman–Crippen LogP) is 8.13. The van der Waals surface area contributed by atoms with Gasteiger partial charge < -0.3 is 0 Å². The van der Waals surface area contributed by atoms with Gasteiger partial charge in [-0.3, -0.25) is 0 Å². The third-order valence-corrected chi connectivity index (χ3v) is 14.7. The fraction of sp³-hybridized carbons (Fsp3) is 0.471. The van der Waals surface area contributed by atoms with E-state index in [0.717, 1.165) is 23.7 Å². The van der Waals surface area contributed by atoms with Crippen molar-refractivity contribution in [2.24, 2.45) is 23.7 Å². The molecule has 186 valence electrons. The van der Waals surface area contributed by atoms with Crippen LogP contribution in [-0.2, 0) is 0 Å². The molecule has 3 aromatic rings. The van der Waals surface area contributed by atoms with Crippen molar-refractivity contribution in [1.29, 1.82) is 0 Å². The molecule has 0 radical (unpaired) electrons. The van der Waals surface area contributed by atoms with E-state index in [0.29, 0.717) is 0 Å². The van der Waals surface area contributed by atoms with Crippen LogP contribution in [0.2, 0.25) is 0 Å². The van der Waals surface area contributed by atoms with E-state index in [1.54, 1.807) is 15.9 Å². The molecule has 0 nitrogen and oxygen atoms in total. The van der Waals surface area contributed by atoms with E-state index in [2.05, 4.69) is 97.9 Å². The second-order valence-electron chi connectivity index (χ2n) is 11.6. The van der Waals surface area contributed by atoms with Crippen LogP contribution in [0.15, 0.2) is 91.0 Å². The van der Waals surface area contributed by atoms with Gasteiger partial charge >= 0.3 is 215 Å². The number of hydrogen-bond acceptors (Lipinski definition) is 0. The van der Waals surface area contributed by atoms with Gasteiger partial charge in [0.1, 0.15) is 0 Å². The SMILES string of the molecule is CCC[C@H]1CC[C@H]([C@H]2CC[C@H](C[PH](c3ccccc3)(c3ccccc3)c3ccccc3)CC2)CC1. The van der Waals surface area contributed by atoms with Crippen LogP contribution in [-0.4, -0.2) is 6.16 Å². The molecule has 0 bridgehead atoms. The molecule has 2 fully saturated rings. The Hall–Kier alpha value is -1.91. The summed E-state index contributed by atoms with van der Waals surface area (Å²) in [5.74, 6) is 3.88. The van der Waals surface area contributed by atoms with Crippen molar-refractivity contribution in [3.8, 4) is 0 Å². The summed E-state index contributed by atoms with van der Waals surface area (Å²) in [7, 11) is -2.09. The Bertz CT molecular complexity index is 900. The zero-order chi connectivity index (χ0) is 23.9. The Morgan fingerprint density at radius 2 is 0.886 bits per heavy atom. The summed E-state index contributed by atoms with van der Waals surface area (Å²) in [6.45, 7) is 2.36.